The minimum atomic E-state index is -4.35. The number of aryl methyl sites for hydroxylation is 1. The highest BCUT2D eigenvalue weighted by molar-refractivity contribution is 5.76. The van der Waals surface area contributed by atoms with Gasteiger partial charge in [-0.15, -0.1) is 0 Å². The smallest absolute Gasteiger partial charge is 0.399 e. The average molecular weight is 274 g/mol. The van der Waals surface area contributed by atoms with Gasteiger partial charge in [-0.05, 0) is 31.0 Å². The number of nitrogens with two attached hydrogens (primary N) is 1. The number of benzene rings is 1. The third-order valence-corrected chi connectivity index (χ3v) is 2.71. The lowest BCUT2D eigenvalue weighted by atomic mass is 10.1. The van der Waals surface area contributed by atoms with Crippen LogP contribution in [0.3, 0.4) is 0 Å². The Morgan fingerprint density at radius 2 is 1.84 bits per heavy atom. The van der Waals surface area contributed by atoms with E-state index in [1.54, 1.807) is 24.3 Å². The van der Waals surface area contributed by atoms with Gasteiger partial charge in [0.15, 0.2) is 0 Å². The van der Waals surface area contributed by atoms with Gasteiger partial charge in [-0.2, -0.15) is 13.2 Å². The Hall–Kier alpha value is -1.72. The molecular weight excluding hydrogens is 257 g/mol. The largest absolute Gasteiger partial charge is 0.406 e. The van der Waals surface area contributed by atoms with Crippen LogP contribution in [0, 0.1) is 0 Å². The number of hydrogen-bond donors (Lipinski definition) is 1. The zero-order valence-corrected chi connectivity index (χ0v) is 10.7. The standard InChI is InChI=1S/C13H17F3N2O/c1-2-18(9-13(14,15)16)12(19)8-5-10-3-6-11(17)7-4-10/h3-4,6-7H,2,5,8-9,17H2,1H3. The molecule has 2 N–H and O–H groups in total. The van der Waals surface area contributed by atoms with Crippen LogP contribution < -0.4 is 5.73 Å². The van der Waals surface area contributed by atoms with Gasteiger partial charge in [0.05, 0.1) is 0 Å². The van der Waals surface area contributed by atoms with E-state index < -0.39 is 18.6 Å². The molecule has 0 aliphatic heterocycles. The van der Waals surface area contributed by atoms with Gasteiger partial charge in [0.25, 0.3) is 0 Å². The van der Waals surface area contributed by atoms with Gasteiger partial charge in [0.1, 0.15) is 6.54 Å². The highest BCUT2D eigenvalue weighted by atomic mass is 19.4. The molecule has 6 heteroatoms. The molecule has 0 atom stereocenters. The number of alkyl halides is 3. The second-order valence-electron chi connectivity index (χ2n) is 4.26. The summed E-state index contributed by atoms with van der Waals surface area (Å²) in [6, 6.07) is 6.94. The van der Waals surface area contributed by atoms with Crippen LogP contribution in [0.15, 0.2) is 24.3 Å². The van der Waals surface area contributed by atoms with E-state index in [4.69, 9.17) is 5.73 Å². The van der Waals surface area contributed by atoms with Crippen molar-refractivity contribution in [3.8, 4) is 0 Å². The maximum atomic E-state index is 12.3. The molecule has 0 radical (unpaired) electrons. The summed E-state index contributed by atoms with van der Waals surface area (Å²) in [6.45, 7) is 0.400. The van der Waals surface area contributed by atoms with Crippen molar-refractivity contribution < 1.29 is 18.0 Å². The van der Waals surface area contributed by atoms with Gasteiger partial charge >= 0.3 is 6.18 Å². The summed E-state index contributed by atoms with van der Waals surface area (Å²) in [4.78, 5) is 12.5. The molecule has 1 amide bonds. The van der Waals surface area contributed by atoms with Crippen LogP contribution in [0.25, 0.3) is 0 Å². The van der Waals surface area contributed by atoms with Crippen molar-refractivity contribution in [3.63, 3.8) is 0 Å². The summed E-state index contributed by atoms with van der Waals surface area (Å²) in [7, 11) is 0. The zero-order valence-electron chi connectivity index (χ0n) is 10.7. The first-order chi connectivity index (χ1) is 8.81. The number of rotatable bonds is 5. The summed E-state index contributed by atoms with van der Waals surface area (Å²) in [5, 5.41) is 0. The molecule has 0 spiro atoms. The number of carbonyl (C=O) groups excluding carboxylic acids is 1. The Morgan fingerprint density at radius 3 is 2.32 bits per heavy atom. The maximum Gasteiger partial charge on any atom is 0.406 e. The van der Waals surface area contributed by atoms with Gasteiger partial charge in [-0.3, -0.25) is 4.79 Å². The van der Waals surface area contributed by atoms with Crippen molar-refractivity contribution in [1.29, 1.82) is 0 Å². The molecule has 0 aliphatic carbocycles. The van der Waals surface area contributed by atoms with Crippen LogP contribution in [0.5, 0.6) is 0 Å². The molecule has 106 valence electrons. The Bertz CT molecular complexity index is 415. The van der Waals surface area contributed by atoms with Gasteiger partial charge in [-0.25, -0.2) is 0 Å². The summed E-state index contributed by atoms with van der Waals surface area (Å²) in [5.74, 6) is -0.489. The van der Waals surface area contributed by atoms with Crippen molar-refractivity contribution in [2.24, 2.45) is 0 Å². The minimum Gasteiger partial charge on any atom is -0.399 e. The molecule has 0 bridgehead atoms. The molecule has 0 unspecified atom stereocenters. The van der Waals surface area contributed by atoms with Crippen molar-refractivity contribution in [2.75, 3.05) is 18.8 Å². The third-order valence-electron chi connectivity index (χ3n) is 2.71. The van der Waals surface area contributed by atoms with Gasteiger partial charge in [-0.1, -0.05) is 12.1 Å². The van der Waals surface area contributed by atoms with Crippen molar-refractivity contribution in [1.82, 2.24) is 4.90 Å². The lowest BCUT2D eigenvalue weighted by molar-refractivity contribution is -0.160. The number of amides is 1. The second-order valence-corrected chi connectivity index (χ2v) is 4.26. The number of nitrogen functional groups attached to an aromatic ring is 1. The molecule has 1 aromatic carbocycles. The molecule has 1 rings (SSSR count). The maximum absolute atomic E-state index is 12.3. The number of carbonyl (C=O) groups is 1. The first kappa shape index (κ1) is 15.3. The Kier molecular flexibility index (Phi) is 5.20. The summed E-state index contributed by atoms with van der Waals surface area (Å²) < 4.78 is 36.8. The van der Waals surface area contributed by atoms with E-state index in [9.17, 15) is 18.0 Å². The first-order valence-corrected chi connectivity index (χ1v) is 6.00. The molecule has 0 aliphatic rings. The fourth-order valence-electron chi connectivity index (χ4n) is 1.69. The lowest BCUT2D eigenvalue weighted by Gasteiger charge is -2.22. The van der Waals surface area contributed by atoms with E-state index in [1.807, 2.05) is 0 Å². The van der Waals surface area contributed by atoms with Crippen LogP contribution in [-0.2, 0) is 11.2 Å². The predicted molar refractivity (Wildman–Crippen MR) is 67.5 cm³/mol. The number of halogens is 3. The Balaban J connectivity index is 2.51. The molecule has 0 aromatic heterocycles. The summed E-state index contributed by atoms with van der Waals surface area (Å²) in [5.41, 5.74) is 7.02. The van der Waals surface area contributed by atoms with E-state index in [-0.39, 0.29) is 13.0 Å². The van der Waals surface area contributed by atoms with Crippen LogP contribution >= 0.6 is 0 Å². The average Bonchev–Trinajstić information content (AvgIpc) is 2.34. The molecular formula is C13H17F3N2O. The fourth-order valence-corrected chi connectivity index (χ4v) is 1.69. The topological polar surface area (TPSA) is 46.3 Å². The lowest BCUT2D eigenvalue weighted by Crippen LogP contribution is -2.38. The highest BCUT2D eigenvalue weighted by Gasteiger charge is 2.31. The van der Waals surface area contributed by atoms with Gasteiger partial charge in [0, 0.05) is 18.7 Å². The van der Waals surface area contributed by atoms with Crippen LogP contribution in [0.1, 0.15) is 18.9 Å². The minimum absolute atomic E-state index is 0.0556. The normalized spacial score (nSPS) is 11.4. The quantitative estimate of drug-likeness (QED) is 0.839. The Morgan fingerprint density at radius 1 is 1.26 bits per heavy atom. The Labute approximate surface area is 110 Å². The highest BCUT2D eigenvalue weighted by Crippen LogP contribution is 2.17. The van der Waals surface area contributed by atoms with Crippen molar-refractivity contribution in [2.45, 2.75) is 25.9 Å². The summed E-state index contributed by atoms with van der Waals surface area (Å²) in [6.07, 6.45) is -3.88. The van der Waals surface area contributed by atoms with E-state index in [1.165, 1.54) is 6.92 Å². The van der Waals surface area contributed by atoms with E-state index >= 15 is 0 Å². The number of hydrogen-bond acceptors (Lipinski definition) is 2. The predicted octanol–water partition coefficient (Wildman–Crippen LogP) is 2.61. The molecule has 3 nitrogen and oxygen atoms in total. The van der Waals surface area contributed by atoms with Crippen LogP contribution in [0.2, 0.25) is 0 Å². The third kappa shape index (κ3) is 5.63. The van der Waals surface area contributed by atoms with Gasteiger partial charge in [0.2, 0.25) is 5.91 Å². The first-order valence-electron chi connectivity index (χ1n) is 6.00. The van der Waals surface area contributed by atoms with Crippen molar-refractivity contribution >= 4 is 11.6 Å². The molecule has 0 saturated heterocycles. The van der Waals surface area contributed by atoms with E-state index in [0.29, 0.717) is 12.1 Å². The fraction of sp³-hybridized carbons (Fsp3) is 0.462. The molecule has 0 saturated carbocycles. The zero-order chi connectivity index (χ0) is 14.5. The SMILES string of the molecule is CCN(CC(F)(F)F)C(=O)CCc1ccc(N)cc1. The monoisotopic (exact) mass is 274 g/mol. The van der Waals surface area contributed by atoms with Crippen LogP contribution in [-0.4, -0.2) is 30.1 Å². The van der Waals surface area contributed by atoms with Crippen LogP contribution in [0.4, 0.5) is 18.9 Å². The molecule has 0 fully saturated rings. The number of nitrogens with zero attached hydrogens (tertiary/aromatic N) is 1. The molecule has 0 heterocycles. The number of anilines is 1. The molecule has 19 heavy (non-hydrogen) atoms. The van der Waals surface area contributed by atoms with Gasteiger partial charge < -0.3 is 10.6 Å². The molecule has 1 aromatic rings. The summed E-state index contributed by atoms with van der Waals surface area (Å²) >= 11 is 0. The van der Waals surface area contributed by atoms with Crippen molar-refractivity contribution in [3.05, 3.63) is 29.8 Å². The van der Waals surface area contributed by atoms with E-state index in [0.717, 1.165) is 10.5 Å². The van der Waals surface area contributed by atoms with E-state index in [2.05, 4.69) is 0 Å². The second kappa shape index (κ2) is 6.45.